The van der Waals surface area contributed by atoms with Gasteiger partial charge in [-0.15, -0.1) is 0 Å². The normalized spacial score (nSPS) is 17.4. The van der Waals surface area contributed by atoms with Gasteiger partial charge in [0, 0.05) is 18.2 Å². The molecule has 116 valence electrons. The van der Waals surface area contributed by atoms with Crippen LogP contribution in [0.15, 0.2) is 36.9 Å². The Morgan fingerprint density at radius 2 is 2.05 bits per heavy atom. The Morgan fingerprint density at radius 1 is 1.29 bits per heavy atom. The Hall–Kier alpha value is -1.28. The molecule has 1 atom stereocenters. The van der Waals surface area contributed by atoms with E-state index in [1.807, 2.05) is 12.1 Å². The second-order valence-electron chi connectivity index (χ2n) is 6.00. The Kier molecular flexibility index (Phi) is 6.81. The van der Waals surface area contributed by atoms with Crippen LogP contribution >= 0.6 is 0 Å². The van der Waals surface area contributed by atoms with Crippen LogP contribution in [-0.4, -0.2) is 12.6 Å². The first-order valence-electron chi connectivity index (χ1n) is 8.40. The molecule has 0 heterocycles. The second-order valence-corrected chi connectivity index (χ2v) is 6.00. The summed E-state index contributed by atoms with van der Waals surface area (Å²) in [7, 11) is 0. The van der Waals surface area contributed by atoms with Gasteiger partial charge in [-0.2, -0.15) is 0 Å². The molecule has 2 heteroatoms. The summed E-state index contributed by atoms with van der Waals surface area (Å²) in [6, 6.07) is 8.94. The summed E-state index contributed by atoms with van der Waals surface area (Å²) in [5, 5.41) is 3.77. The van der Waals surface area contributed by atoms with E-state index in [9.17, 15) is 0 Å². The van der Waals surface area contributed by atoms with E-state index in [1.165, 1.54) is 44.1 Å². The highest BCUT2D eigenvalue weighted by atomic mass is 16.5. The van der Waals surface area contributed by atoms with Gasteiger partial charge in [0.25, 0.3) is 0 Å². The minimum atomic E-state index is 0.566. The third-order valence-corrected chi connectivity index (χ3v) is 4.54. The molecule has 1 aromatic carbocycles. The summed E-state index contributed by atoms with van der Waals surface area (Å²) in [5.74, 6) is 1.83. The van der Waals surface area contributed by atoms with E-state index in [0.29, 0.717) is 12.6 Å². The molecule has 21 heavy (non-hydrogen) atoms. The van der Waals surface area contributed by atoms with Crippen LogP contribution in [0.1, 0.15) is 51.0 Å². The molecule has 1 unspecified atom stereocenters. The number of benzene rings is 1. The first kappa shape index (κ1) is 16.1. The first-order valence-corrected chi connectivity index (χ1v) is 8.40. The predicted octanol–water partition coefficient (Wildman–Crippen LogP) is 4.70. The summed E-state index contributed by atoms with van der Waals surface area (Å²) in [6.07, 6.45) is 10.0. The summed E-state index contributed by atoms with van der Waals surface area (Å²) >= 11 is 0. The summed E-state index contributed by atoms with van der Waals surface area (Å²) in [5.41, 5.74) is 1.24. The monoisotopic (exact) mass is 287 g/mol. The average molecular weight is 287 g/mol. The maximum Gasteiger partial charge on any atom is 0.124 e. The fourth-order valence-electron chi connectivity index (χ4n) is 3.36. The van der Waals surface area contributed by atoms with Crippen molar-refractivity contribution in [3.8, 4) is 5.75 Å². The van der Waals surface area contributed by atoms with Crippen molar-refractivity contribution in [1.82, 2.24) is 5.32 Å². The molecule has 0 radical (unpaired) electrons. The number of hydrogen-bond acceptors (Lipinski definition) is 2. The minimum absolute atomic E-state index is 0.566. The smallest absolute Gasteiger partial charge is 0.124 e. The number of hydrogen-bond donors (Lipinski definition) is 1. The maximum absolute atomic E-state index is 5.74. The van der Waals surface area contributed by atoms with Crippen molar-refractivity contribution in [3.63, 3.8) is 0 Å². The number of rotatable bonds is 8. The van der Waals surface area contributed by atoms with Crippen LogP contribution in [0.5, 0.6) is 5.75 Å². The second kappa shape index (κ2) is 8.89. The van der Waals surface area contributed by atoms with E-state index < -0.39 is 0 Å². The van der Waals surface area contributed by atoms with Gasteiger partial charge in [0.2, 0.25) is 0 Å². The minimum Gasteiger partial charge on any atom is -0.489 e. The van der Waals surface area contributed by atoms with Crippen LogP contribution in [0.25, 0.3) is 0 Å². The van der Waals surface area contributed by atoms with E-state index >= 15 is 0 Å². The third-order valence-electron chi connectivity index (χ3n) is 4.54. The zero-order chi connectivity index (χ0) is 14.9. The Bertz CT molecular complexity index is 423. The van der Waals surface area contributed by atoms with Gasteiger partial charge in [0.05, 0.1) is 0 Å². The molecule has 1 fully saturated rings. The van der Waals surface area contributed by atoms with E-state index in [-0.39, 0.29) is 0 Å². The Labute approximate surface area is 129 Å². The SMILES string of the molecule is C=CCOc1ccccc1CNC(CC)C1CCCCC1. The molecule has 0 aliphatic heterocycles. The highest BCUT2D eigenvalue weighted by Crippen LogP contribution is 2.28. The molecule has 0 saturated heterocycles. The van der Waals surface area contributed by atoms with Crippen molar-refractivity contribution in [3.05, 3.63) is 42.5 Å². The van der Waals surface area contributed by atoms with Crippen molar-refractivity contribution in [2.45, 2.75) is 58.0 Å². The van der Waals surface area contributed by atoms with Gasteiger partial charge in [0.1, 0.15) is 12.4 Å². The highest BCUT2D eigenvalue weighted by Gasteiger charge is 2.21. The molecule has 1 saturated carbocycles. The van der Waals surface area contributed by atoms with Crippen molar-refractivity contribution in [2.24, 2.45) is 5.92 Å². The van der Waals surface area contributed by atoms with Gasteiger partial charge < -0.3 is 10.1 Å². The van der Waals surface area contributed by atoms with Crippen LogP contribution in [-0.2, 0) is 6.54 Å². The molecule has 2 nitrogen and oxygen atoms in total. The largest absolute Gasteiger partial charge is 0.489 e. The molecule has 0 bridgehead atoms. The molecule has 1 aromatic rings. The summed E-state index contributed by atoms with van der Waals surface area (Å²) < 4.78 is 5.74. The van der Waals surface area contributed by atoms with E-state index in [4.69, 9.17) is 4.74 Å². The maximum atomic E-state index is 5.74. The standard InChI is InChI=1S/C19H29NO/c1-3-14-21-19-13-9-8-12-17(19)15-20-18(4-2)16-10-6-5-7-11-16/h3,8-9,12-13,16,18,20H,1,4-7,10-11,14-15H2,2H3. The highest BCUT2D eigenvalue weighted by molar-refractivity contribution is 5.33. The lowest BCUT2D eigenvalue weighted by atomic mass is 9.83. The molecule has 0 amide bonds. The number of para-hydroxylation sites is 1. The van der Waals surface area contributed by atoms with Crippen LogP contribution < -0.4 is 10.1 Å². The lowest BCUT2D eigenvalue weighted by Crippen LogP contribution is -2.36. The van der Waals surface area contributed by atoms with E-state index in [1.54, 1.807) is 6.08 Å². The fraction of sp³-hybridized carbons (Fsp3) is 0.579. The van der Waals surface area contributed by atoms with Crippen molar-refractivity contribution >= 4 is 0 Å². The molecule has 2 rings (SSSR count). The molecular weight excluding hydrogens is 258 g/mol. The lowest BCUT2D eigenvalue weighted by molar-refractivity contribution is 0.260. The first-order chi connectivity index (χ1) is 10.3. The summed E-state index contributed by atoms with van der Waals surface area (Å²) in [4.78, 5) is 0. The fourth-order valence-corrected chi connectivity index (χ4v) is 3.36. The predicted molar refractivity (Wildman–Crippen MR) is 89.6 cm³/mol. The van der Waals surface area contributed by atoms with Gasteiger partial charge in [-0.3, -0.25) is 0 Å². The van der Waals surface area contributed by atoms with Gasteiger partial charge in [-0.1, -0.05) is 57.0 Å². The van der Waals surface area contributed by atoms with Crippen molar-refractivity contribution < 1.29 is 4.74 Å². The van der Waals surface area contributed by atoms with Gasteiger partial charge in [-0.25, -0.2) is 0 Å². The summed E-state index contributed by atoms with van der Waals surface area (Å²) in [6.45, 7) is 7.47. The number of nitrogens with one attached hydrogen (secondary N) is 1. The topological polar surface area (TPSA) is 21.3 Å². The van der Waals surface area contributed by atoms with Crippen LogP contribution in [0.3, 0.4) is 0 Å². The van der Waals surface area contributed by atoms with Crippen LogP contribution in [0.4, 0.5) is 0 Å². The molecule has 1 aliphatic carbocycles. The van der Waals surface area contributed by atoms with E-state index in [0.717, 1.165) is 18.2 Å². The zero-order valence-corrected chi connectivity index (χ0v) is 13.3. The zero-order valence-electron chi connectivity index (χ0n) is 13.3. The molecular formula is C19H29NO. The van der Waals surface area contributed by atoms with E-state index in [2.05, 4.69) is 31.0 Å². The Morgan fingerprint density at radius 3 is 2.76 bits per heavy atom. The van der Waals surface area contributed by atoms with Crippen molar-refractivity contribution in [2.75, 3.05) is 6.61 Å². The molecule has 0 aromatic heterocycles. The van der Waals surface area contributed by atoms with Gasteiger partial charge in [0.15, 0.2) is 0 Å². The number of ether oxygens (including phenoxy) is 1. The Balaban J connectivity index is 1.92. The van der Waals surface area contributed by atoms with Crippen LogP contribution in [0.2, 0.25) is 0 Å². The lowest BCUT2D eigenvalue weighted by Gasteiger charge is -2.30. The molecule has 0 spiro atoms. The quantitative estimate of drug-likeness (QED) is 0.700. The van der Waals surface area contributed by atoms with Gasteiger partial charge >= 0.3 is 0 Å². The average Bonchev–Trinajstić information content (AvgIpc) is 2.55. The van der Waals surface area contributed by atoms with Gasteiger partial charge in [-0.05, 0) is 31.2 Å². The third kappa shape index (κ3) is 4.89. The van der Waals surface area contributed by atoms with Crippen LogP contribution in [0, 0.1) is 5.92 Å². The molecule has 1 aliphatic rings. The van der Waals surface area contributed by atoms with Crippen molar-refractivity contribution in [1.29, 1.82) is 0 Å². The molecule has 1 N–H and O–H groups in total.